The molecular weight excluding hydrogens is 733 g/mol. The molecule has 340 valence electrons. The molecule has 0 saturated heterocycles. The van der Waals surface area contributed by atoms with Crippen LogP contribution in [0.5, 0.6) is 0 Å². The number of carboxylic acid groups (broad SMARTS) is 1. The lowest BCUT2D eigenvalue weighted by atomic mass is 10.0. The normalized spacial score (nSPS) is 13.1. The third-order valence-electron chi connectivity index (χ3n) is 10.8. The number of allylic oxidation sites excluding steroid dienone is 10. The molecule has 0 spiro atoms. The van der Waals surface area contributed by atoms with Gasteiger partial charge in [-0.15, -0.1) is 0 Å². The number of ether oxygens (including phenoxy) is 1. The maximum Gasteiger partial charge on any atom is 0.326 e. The van der Waals surface area contributed by atoms with E-state index < -0.39 is 12.0 Å². The molecule has 2 unspecified atom stereocenters. The second-order valence-electron chi connectivity index (χ2n) is 16.5. The Morgan fingerprint density at radius 1 is 0.508 bits per heavy atom. The number of hydrogen-bond donors (Lipinski definition) is 3. The summed E-state index contributed by atoms with van der Waals surface area (Å²) in [5, 5.41) is 12.0. The van der Waals surface area contributed by atoms with Gasteiger partial charge in [0, 0.05) is 12.8 Å². The van der Waals surface area contributed by atoms with Crippen LogP contribution in [0.4, 0.5) is 0 Å². The predicted molar refractivity (Wildman–Crippen MR) is 253 cm³/mol. The van der Waals surface area contributed by atoms with Crippen molar-refractivity contribution >= 4 is 17.8 Å². The summed E-state index contributed by atoms with van der Waals surface area (Å²) in [4.78, 5) is 36.5. The number of esters is 1. The highest BCUT2D eigenvalue weighted by Crippen LogP contribution is 2.19. The molecule has 0 aliphatic rings. The SMILES string of the molecule is CC/C=C\C/C=C\C/C=C\C/C=C\C/C=C\CCCCCCCC(=O)OC(CCCCCCCCCCCCCC)CCCCCCCC(=O)NC(CCCN)C(=O)O. The van der Waals surface area contributed by atoms with Gasteiger partial charge in [0.2, 0.25) is 5.91 Å². The Bertz CT molecular complexity index is 1110. The highest BCUT2D eigenvalue weighted by atomic mass is 16.5. The predicted octanol–water partition coefficient (Wildman–Crippen LogP) is 14.5. The van der Waals surface area contributed by atoms with Crippen LogP contribution in [0.2, 0.25) is 0 Å². The first kappa shape index (κ1) is 56.1. The number of carboxylic acids is 1. The third kappa shape index (κ3) is 43.0. The van der Waals surface area contributed by atoms with Gasteiger partial charge in [0.1, 0.15) is 12.1 Å². The minimum atomic E-state index is -1.01. The molecule has 7 heteroatoms. The van der Waals surface area contributed by atoms with E-state index in [-0.39, 0.29) is 18.0 Å². The van der Waals surface area contributed by atoms with Crippen LogP contribution < -0.4 is 11.1 Å². The Morgan fingerprint density at radius 3 is 1.41 bits per heavy atom. The smallest absolute Gasteiger partial charge is 0.326 e. The first-order valence-corrected chi connectivity index (χ1v) is 24.6. The molecule has 59 heavy (non-hydrogen) atoms. The average Bonchev–Trinajstić information content (AvgIpc) is 3.22. The second kappa shape index (κ2) is 46.1. The fourth-order valence-corrected chi connectivity index (χ4v) is 7.18. The molecule has 0 saturated carbocycles. The van der Waals surface area contributed by atoms with Gasteiger partial charge >= 0.3 is 11.9 Å². The molecule has 0 rings (SSSR count). The van der Waals surface area contributed by atoms with Crippen molar-refractivity contribution in [2.75, 3.05) is 6.54 Å². The number of carbonyl (C=O) groups is 3. The number of carbonyl (C=O) groups excluding carboxylic acids is 2. The van der Waals surface area contributed by atoms with Crippen LogP contribution in [0.25, 0.3) is 0 Å². The highest BCUT2D eigenvalue weighted by molar-refractivity contribution is 5.83. The Kier molecular flexibility index (Phi) is 43.9. The standard InChI is InChI=1S/C52H92N2O5/c1-3-5-7-9-11-13-15-17-18-19-20-21-22-23-24-25-27-29-31-36-40-46-51(56)59-48(42-37-33-30-28-26-16-14-12-10-8-6-4-2)43-38-34-32-35-39-45-50(55)54-49(52(57)58)44-41-47-53/h5,7,11,13,17-18,20-21,23-24,48-49H,3-4,6,8-10,12,14-16,19,22,25-47,53H2,1-2H3,(H,54,55)(H,57,58)/b7-5-,13-11-,18-17-,21-20-,24-23-. The van der Waals surface area contributed by atoms with Crippen molar-refractivity contribution < 1.29 is 24.2 Å². The van der Waals surface area contributed by atoms with E-state index >= 15 is 0 Å². The summed E-state index contributed by atoms with van der Waals surface area (Å²) >= 11 is 0. The number of aliphatic carboxylic acids is 1. The van der Waals surface area contributed by atoms with Crippen molar-refractivity contribution in [1.82, 2.24) is 5.32 Å². The first-order chi connectivity index (χ1) is 28.9. The molecule has 0 aromatic rings. The van der Waals surface area contributed by atoms with Gasteiger partial charge in [0.25, 0.3) is 0 Å². The quantitative estimate of drug-likeness (QED) is 0.0320. The van der Waals surface area contributed by atoms with Crippen molar-refractivity contribution in [2.24, 2.45) is 5.73 Å². The summed E-state index contributed by atoms with van der Waals surface area (Å²) in [5.74, 6) is -1.25. The maximum absolute atomic E-state index is 12.9. The monoisotopic (exact) mass is 825 g/mol. The molecule has 0 fully saturated rings. The fourth-order valence-electron chi connectivity index (χ4n) is 7.18. The van der Waals surface area contributed by atoms with E-state index in [0.29, 0.717) is 32.2 Å². The Labute approximate surface area is 363 Å². The topological polar surface area (TPSA) is 119 Å². The van der Waals surface area contributed by atoms with Crippen LogP contribution in [0, 0.1) is 0 Å². The van der Waals surface area contributed by atoms with Crippen molar-refractivity contribution in [3.63, 3.8) is 0 Å². The lowest BCUT2D eigenvalue weighted by Crippen LogP contribution is -2.40. The number of amides is 1. The summed E-state index contributed by atoms with van der Waals surface area (Å²) in [6.07, 6.45) is 58.4. The summed E-state index contributed by atoms with van der Waals surface area (Å²) in [6, 6.07) is -0.860. The number of nitrogens with one attached hydrogen (secondary N) is 1. The number of nitrogens with two attached hydrogens (primary N) is 1. The number of hydrogen-bond acceptors (Lipinski definition) is 5. The van der Waals surface area contributed by atoms with E-state index in [4.69, 9.17) is 10.5 Å². The zero-order chi connectivity index (χ0) is 43.1. The van der Waals surface area contributed by atoms with Crippen molar-refractivity contribution in [1.29, 1.82) is 0 Å². The molecular formula is C52H92N2O5. The maximum atomic E-state index is 12.9. The summed E-state index contributed by atoms with van der Waals surface area (Å²) in [6.45, 7) is 4.84. The minimum Gasteiger partial charge on any atom is -0.480 e. The highest BCUT2D eigenvalue weighted by Gasteiger charge is 2.19. The van der Waals surface area contributed by atoms with Crippen LogP contribution in [0.15, 0.2) is 60.8 Å². The first-order valence-electron chi connectivity index (χ1n) is 24.6. The summed E-state index contributed by atoms with van der Waals surface area (Å²) < 4.78 is 6.07. The van der Waals surface area contributed by atoms with Gasteiger partial charge in [0.05, 0.1) is 0 Å². The van der Waals surface area contributed by atoms with Crippen LogP contribution in [0.1, 0.15) is 232 Å². The van der Waals surface area contributed by atoms with E-state index in [1.54, 1.807) is 0 Å². The average molecular weight is 825 g/mol. The lowest BCUT2D eigenvalue weighted by molar-refractivity contribution is -0.150. The van der Waals surface area contributed by atoms with Crippen LogP contribution >= 0.6 is 0 Å². The summed E-state index contributed by atoms with van der Waals surface area (Å²) in [5.41, 5.74) is 5.50. The zero-order valence-electron chi connectivity index (χ0n) is 38.3. The van der Waals surface area contributed by atoms with Gasteiger partial charge in [-0.25, -0.2) is 4.79 Å². The van der Waals surface area contributed by atoms with Gasteiger partial charge in [-0.05, 0) is 103 Å². The van der Waals surface area contributed by atoms with Gasteiger partial charge in [-0.1, -0.05) is 184 Å². The molecule has 0 radical (unpaired) electrons. The van der Waals surface area contributed by atoms with E-state index in [0.717, 1.165) is 109 Å². The Morgan fingerprint density at radius 2 is 0.932 bits per heavy atom. The van der Waals surface area contributed by atoms with Gasteiger partial charge in [-0.2, -0.15) is 0 Å². The second-order valence-corrected chi connectivity index (χ2v) is 16.5. The van der Waals surface area contributed by atoms with E-state index in [1.165, 1.54) is 83.5 Å². The van der Waals surface area contributed by atoms with Crippen LogP contribution in [0.3, 0.4) is 0 Å². The molecule has 4 N–H and O–H groups in total. The molecule has 0 bridgehead atoms. The minimum absolute atomic E-state index is 0.00124. The number of unbranched alkanes of at least 4 members (excludes halogenated alkanes) is 20. The Balaban J connectivity index is 4.31. The zero-order valence-corrected chi connectivity index (χ0v) is 38.3. The van der Waals surface area contributed by atoms with Crippen LogP contribution in [-0.2, 0) is 19.1 Å². The molecule has 2 atom stereocenters. The lowest BCUT2D eigenvalue weighted by Gasteiger charge is -2.18. The van der Waals surface area contributed by atoms with E-state index in [9.17, 15) is 19.5 Å². The van der Waals surface area contributed by atoms with Gasteiger partial charge in [-0.3, -0.25) is 9.59 Å². The molecule has 1 amide bonds. The van der Waals surface area contributed by atoms with E-state index in [1.807, 2.05) is 0 Å². The molecule has 0 aliphatic carbocycles. The summed E-state index contributed by atoms with van der Waals surface area (Å²) in [7, 11) is 0. The molecule has 0 heterocycles. The molecule has 0 aromatic heterocycles. The van der Waals surface area contributed by atoms with Crippen molar-refractivity contribution in [3.05, 3.63) is 60.8 Å². The van der Waals surface area contributed by atoms with Crippen molar-refractivity contribution in [2.45, 2.75) is 244 Å². The number of rotatable bonds is 44. The fraction of sp³-hybridized carbons (Fsp3) is 0.750. The van der Waals surface area contributed by atoms with Gasteiger partial charge < -0.3 is 20.9 Å². The third-order valence-corrected chi connectivity index (χ3v) is 10.8. The van der Waals surface area contributed by atoms with Crippen molar-refractivity contribution in [3.8, 4) is 0 Å². The van der Waals surface area contributed by atoms with Gasteiger partial charge in [0.15, 0.2) is 0 Å². The Hall–Kier alpha value is -2.93. The molecule has 0 aromatic carbocycles. The largest absolute Gasteiger partial charge is 0.480 e. The molecule has 0 aliphatic heterocycles. The van der Waals surface area contributed by atoms with Crippen LogP contribution in [-0.4, -0.2) is 41.6 Å². The van der Waals surface area contributed by atoms with E-state index in [2.05, 4.69) is 79.9 Å². The molecule has 7 nitrogen and oxygen atoms in total.